The van der Waals surface area contributed by atoms with Gasteiger partial charge >= 0.3 is 0 Å². The summed E-state index contributed by atoms with van der Waals surface area (Å²) >= 11 is 0. The smallest absolute Gasteiger partial charge is 0.123 e. The number of nitrogens with two attached hydrogens (primary N) is 1. The third-order valence-corrected chi connectivity index (χ3v) is 3.08. The molecule has 3 N–H and O–H groups in total. The molecule has 102 valence electrons. The maximum atomic E-state index is 5.85. The molecular weight excluding hydrogens is 226 g/mol. The molecule has 2 unspecified atom stereocenters. The van der Waals surface area contributed by atoms with Gasteiger partial charge in [0.15, 0.2) is 0 Å². The van der Waals surface area contributed by atoms with E-state index in [4.69, 9.17) is 10.5 Å². The standard InChI is InChI=1S/C14H25N3O/c1-5-18-14(10(2)3)12(16-4)8-11-6-7-17-13(15)9-11/h6-7,9-10,12,14,16H,5,8H2,1-4H3,(H2,15,17). The fourth-order valence-corrected chi connectivity index (χ4v) is 2.22. The number of likely N-dealkylation sites (N-methyl/N-ethyl adjacent to an activating group) is 1. The van der Waals surface area contributed by atoms with Crippen molar-refractivity contribution in [2.45, 2.75) is 39.3 Å². The summed E-state index contributed by atoms with van der Waals surface area (Å²) in [6, 6.07) is 4.21. The van der Waals surface area contributed by atoms with E-state index in [-0.39, 0.29) is 12.1 Å². The number of nitrogen functional groups attached to an aromatic ring is 1. The molecule has 0 aliphatic rings. The molecule has 0 bridgehead atoms. The first-order valence-electron chi connectivity index (χ1n) is 6.57. The predicted molar refractivity (Wildman–Crippen MR) is 75.5 cm³/mol. The minimum atomic E-state index is 0.203. The first-order chi connectivity index (χ1) is 8.58. The van der Waals surface area contributed by atoms with Gasteiger partial charge < -0.3 is 15.8 Å². The van der Waals surface area contributed by atoms with Crippen LogP contribution in [-0.2, 0) is 11.2 Å². The molecule has 18 heavy (non-hydrogen) atoms. The van der Waals surface area contributed by atoms with Gasteiger partial charge in [-0.1, -0.05) is 13.8 Å². The number of nitrogens with one attached hydrogen (secondary N) is 1. The van der Waals surface area contributed by atoms with Crippen LogP contribution in [-0.4, -0.2) is 30.8 Å². The van der Waals surface area contributed by atoms with Gasteiger partial charge in [0.2, 0.25) is 0 Å². The molecule has 4 nitrogen and oxygen atoms in total. The highest BCUT2D eigenvalue weighted by atomic mass is 16.5. The van der Waals surface area contributed by atoms with Crippen LogP contribution in [0.15, 0.2) is 18.3 Å². The van der Waals surface area contributed by atoms with Gasteiger partial charge in [0.1, 0.15) is 5.82 Å². The quantitative estimate of drug-likeness (QED) is 0.776. The summed E-state index contributed by atoms with van der Waals surface area (Å²) in [5.74, 6) is 1.04. The molecule has 1 aromatic heterocycles. The van der Waals surface area contributed by atoms with Crippen LogP contribution in [0.2, 0.25) is 0 Å². The van der Waals surface area contributed by atoms with Crippen LogP contribution in [0.1, 0.15) is 26.3 Å². The van der Waals surface area contributed by atoms with Gasteiger partial charge in [0, 0.05) is 18.8 Å². The maximum Gasteiger partial charge on any atom is 0.123 e. The summed E-state index contributed by atoms with van der Waals surface area (Å²) in [7, 11) is 1.98. The Hall–Kier alpha value is -1.13. The predicted octanol–water partition coefficient (Wildman–Crippen LogP) is 1.86. The number of rotatable bonds is 7. The van der Waals surface area contributed by atoms with E-state index in [9.17, 15) is 0 Å². The third-order valence-electron chi connectivity index (χ3n) is 3.08. The molecule has 1 rings (SSSR count). The van der Waals surface area contributed by atoms with Crippen LogP contribution in [0, 0.1) is 5.92 Å². The fourth-order valence-electron chi connectivity index (χ4n) is 2.22. The monoisotopic (exact) mass is 251 g/mol. The van der Waals surface area contributed by atoms with Crippen molar-refractivity contribution in [2.24, 2.45) is 5.92 Å². The lowest BCUT2D eigenvalue weighted by Gasteiger charge is -2.30. The van der Waals surface area contributed by atoms with E-state index in [0.717, 1.165) is 13.0 Å². The van der Waals surface area contributed by atoms with Crippen molar-refractivity contribution in [1.29, 1.82) is 0 Å². The van der Waals surface area contributed by atoms with Gasteiger partial charge in [-0.05, 0) is 44.0 Å². The van der Waals surface area contributed by atoms with Crippen molar-refractivity contribution in [3.8, 4) is 0 Å². The first-order valence-corrected chi connectivity index (χ1v) is 6.57. The molecule has 0 aromatic carbocycles. The van der Waals surface area contributed by atoms with E-state index < -0.39 is 0 Å². The van der Waals surface area contributed by atoms with Gasteiger partial charge in [-0.2, -0.15) is 0 Å². The van der Waals surface area contributed by atoms with Crippen LogP contribution in [0.3, 0.4) is 0 Å². The lowest BCUT2D eigenvalue weighted by Crippen LogP contribution is -2.44. The Morgan fingerprint density at radius 3 is 2.67 bits per heavy atom. The highest BCUT2D eigenvalue weighted by molar-refractivity contribution is 5.32. The Morgan fingerprint density at radius 1 is 1.44 bits per heavy atom. The molecule has 0 saturated carbocycles. The summed E-state index contributed by atoms with van der Waals surface area (Å²) < 4.78 is 5.85. The fraction of sp³-hybridized carbons (Fsp3) is 0.643. The Bertz CT molecular complexity index is 355. The largest absolute Gasteiger partial charge is 0.384 e. The Labute approximate surface area is 110 Å². The van der Waals surface area contributed by atoms with E-state index >= 15 is 0 Å². The lowest BCUT2D eigenvalue weighted by molar-refractivity contribution is 0.00535. The number of ether oxygens (including phenoxy) is 1. The Balaban J connectivity index is 2.76. The third kappa shape index (κ3) is 4.27. The molecule has 0 saturated heterocycles. The summed E-state index contributed by atoms with van der Waals surface area (Å²) in [6.45, 7) is 7.14. The van der Waals surface area contributed by atoms with E-state index in [2.05, 4.69) is 24.1 Å². The summed E-state index contributed by atoms with van der Waals surface area (Å²) in [5, 5.41) is 3.35. The van der Waals surface area contributed by atoms with Crippen LogP contribution in [0.25, 0.3) is 0 Å². The average molecular weight is 251 g/mol. The second-order valence-corrected chi connectivity index (χ2v) is 4.85. The minimum Gasteiger partial charge on any atom is -0.384 e. The zero-order valence-electron chi connectivity index (χ0n) is 11.8. The summed E-state index contributed by atoms with van der Waals surface area (Å²) in [5.41, 5.74) is 6.89. The maximum absolute atomic E-state index is 5.85. The van der Waals surface area contributed by atoms with Crippen molar-refractivity contribution in [3.63, 3.8) is 0 Å². The molecule has 1 aromatic rings. The highest BCUT2D eigenvalue weighted by Crippen LogP contribution is 2.16. The number of nitrogens with zero attached hydrogens (tertiary/aromatic N) is 1. The van der Waals surface area contributed by atoms with Crippen molar-refractivity contribution >= 4 is 5.82 Å². The minimum absolute atomic E-state index is 0.203. The SMILES string of the molecule is CCOC(C(C)C)C(Cc1ccnc(N)c1)NC. The van der Waals surface area contributed by atoms with E-state index in [1.165, 1.54) is 5.56 Å². The van der Waals surface area contributed by atoms with Crippen LogP contribution in [0.5, 0.6) is 0 Å². The summed E-state index contributed by atoms with van der Waals surface area (Å²) in [6.07, 6.45) is 2.85. The zero-order chi connectivity index (χ0) is 13.5. The second-order valence-electron chi connectivity index (χ2n) is 4.85. The Morgan fingerprint density at radius 2 is 2.17 bits per heavy atom. The van der Waals surface area contributed by atoms with Crippen LogP contribution < -0.4 is 11.1 Å². The van der Waals surface area contributed by atoms with Crippen LogP contribution >= 0.6 is 0 Å². The molecule has 0 aliphatic heterocycles. The number of pyridine rings is 1. The molecule has 0 spiro atoms. The lowest BCUT2D eigenvalue weighted by atomic mass is 9.94. The van der Waals surface area contributed by atoms with Crippen molar-refractivity contribution in [3.05, 3.63) is 23.9 Å². The van der Waals surface area contributed by atoms with Gasteiger partial charge in [0.25, 0.3) is 0 Å². The number of hydrogen-bond donors (Lipinski definition) is 2. The van der Waals surface area contributed by atoms with Gasteiger partial charge in [-0.3, -0.25) is 0 Å². The van der Waals surface area contributed by atoms with Gasteiger partial charge in [-0.25, -0.2) is 4.98 Å². The van der Waals surface area contributed by atoms with E-state index in [0.29, 0.717) is 11.7 Å². The van der Waals surface area contributed by atoms with Gasteiger partial charge in [0.05, 0.1) is 6.10 Å². The molecular formula is C14H25N3O. The normalized spacial score (nSPS) is 14.7. The molecule has 0 aliphatic carbocycles. The summed E-state index contributed by atoms with van der Waals surface area (Å²) in [4.78, 5) is 4.02. The van der Waals surface area contributed by atoms with E-state index in [1.54, 1.807) is 6.20 Å². The number of aromatic nitrogens is 1. The number of anilines is 1. The first kappa shape index (κ1) is 14.9. The second kappa shape index (κ2) is 7.34. The van der Waals surface area contributed by atoms with Crippen molar-refractivity contribution in [1.82, 2.24) is 10.3 Å². The molecule has 4 heteroatoms. The molecule has 0 radical (unpaired) electrons. The molecule has 2 atom stereocenters. The number of hydrogen-bond acceptors (Lipinski definition) is 4. The molecule has 0 amide bonds. The molecule has 1 heterocycles. The van der Waals surface area contributed by atoms with E-state index in [1.807, 2.05) is 26.1 Å². The average Bonchev–Trinajstić information content (AvgIpc) is 2.33. The zero-order valence-corrected chi connectivity index (χ0v) is 11.8. The highest BCUT2D eigenvalue weighted by Gasteiger charge is 2.23. The molecule has 0 fully saturated rings. The van der Waals surface area contributed by atoms with Crippen molar-refractivity contribution < 1.29 is 4.74 Å². The topological polar surface area (TPSA) is 60.2 Å². The Kier molecular flexibility index (Phi) is 6.09. The van der Waals surface area contributed by atoms with Gasteiger partial charge in [-0.15, -0.1) is 0 Å². The van der Waals surface area contributed by atoms with Crippen molar-refractivity contribution in [2.75, 3.05) is 19.4 Å². The van der Waals surface area contributed by atoms with Crippen LogP contribution in [0.4, 0.5) is 5.82 Å².